The number of aliphatic hydroxyl groups excluding tert-OH is 2. The van der Waals surface area contributed by atoms with Crippen molar-refractivity contribution in [3.63, 3.8) is 0 Å². The summed E-state index contributed by atoms with van der Waals surface area (Å²) in [7, 11) is -0.176. The van der Waals surface area contributed by atoms with E-state index in [1.165, 1.54) is 23.5 Å². The molecule has 1 amide bonds. The molecule has 0 radical (unpaired) electrons. The Balaban J connectivity index is 1.45. The van der Waals surface area contributed by atoms with E-state index in [0.717, 1.165) is 24.2 Å². The number of rotatable bonds is 11. The number of anilines is 1. The number of hydrogen-bond donors (Lipinski definition) is 4. The third-order valence-electron chi connectivity index (χ3n) is 7.85. The summed E-state index contributed by atoms with van der Waals surface area (Å²) in [5.74, 6) is 0.525. The normalized spacial score (nSPS) is 25.9. The van der Waals surface area contributed by atoms with Gasteiger partial charge in [-0.3, -0.25) is 4.79 Å². The highest BCUT2D eigenvalue weighted by atomic mass is 32.2. The first kappa shape index (κ1) is 29.6. The molecule has 4 N–H and O–H groups in total. The first-order valence-electron chi connectivity index (χ1n) is 13.8. The van der Waals surface area contributed by atoms with Gasteiger partial charge in [0.15, 0.2) is 22.1 Å². The molecule has 0 aliphatic heterocycles. The highest BCUT2D eigenvalue weighted by Gasteiger charge is 2.47. The van der Waals surface area contributed by atoms with E-state index in [1.807, 2.05) is 19.2 Å². The van der Waals surface area contributed by atoms with E-state index in [9.17, 15) is 23.4 Å². The average Bonchev–Trinajstić information content (AvgIpc) is 3.58. The zero-order valence-corrected chi connectivity index (χ0v) is 25.1. The van der Waals surface area contributed by atoms with Gasteiger partial charge in [-0.1, -0.05) is 36.0 Å². The van der Waals surface area contributed by atoms with E-state index < -0.39 is 34.2 Å². The molecule has 2 aromatic heterocycles. The van der Waals surface area contributed by atoms with Crippen molar-refractivity contribution < 1.29 is 23.4 Å². The predicted octanol–water partition coefficient (Wildman–Crippen LogP) is 1.04. The molecule has 41 heavy (non-hydrogen) atoms. The first-order valence-corrected chi connectivity index (χ1v) is 16.2. The Kier molecular flexibility index (Phi) is 8.53. The molecule has 2 aliphatic rings. The van der Waals surface area contributed by atoms with Crippen LogP contribution < -0.4 is 14.9 Å². The van der Waals surface area contributed by atoms with Crippen LogP contribution in [0.4, 0.5) is 5.82 Å². The molecule has 222 valence electrons. The molecule has 2 saturated carbocycles. The van der Waals surface area contributed by atoms with Crippen molar-refractivity contribution in [1.82, 2.24) is 35.0 Å². The number of thioether (sulfide) groups is 1. The topological polar surface area (TPSA) is 175 Å². The molecule has 2 aliphatic carbocycles. The highest BCUT2D eigenvalue weighted by molar-refractivity contribution is 7.99. The molecule has 6 unspecified atom stereocenters. The number of nitrogens with one attached hydrogen (secondary N) is 2. The van der Waals surface area contributed by atoms with Gasteiger partial charge in [-0.15, -0.1) is 5.10 Å². The van der Waals surface area contributed by atoms with Crippen LogP contribution in [0.15, 0.2) is 34.3 Å². The van der Waals surface area contributed by atoms with Crippen LogP contribution in [-0.2, 0) is 14.8 Å². The average molecular weight is 605 g/mol. The zero-order chi connectivity index (χ0) is 29.5. The third kappa shape index (κ3) is 5.65. The summed E-state index contributed by atoms with van der Waals surface area (Å²) in [5, 5.41) is 33.5. The first-order chi connectivity index (χ1) is 19.6. The summed E-state index contributed by atoms with van der Waals surface area (Å²) in [5.41, 5.74) is 1.94. The van der Waals surface area contributed by atoms with Gasteiger partial charge in [0, 0.05) is 31.3 Å². The van der Waals surface area contributed by atoms with Gasteiger partial charge in [0.2, 0.25) is 15.9 Å². The molecule has 3 aromatic rings. The van der Waals surface area contributed by atoms with Gasteiger partial charge < -0.3 is 20.4 Å². The van der Waals surface area contributed by atoms with Crippen LogP contribution in [-0.4, -0.2) is 94.1 Å². The van der Waals surface area contributed by atoms with E-state index >= 15 is 0 Å². The van der Waals surface area contributed by atoms with E-state index in [2.05, 4.69) is 32.2 Å². The van der Waals surface area contributed by atoms with Crippen molar-refractivity contribution in [3.8, 4) is 0 Å². The summed E-state index contributed by atoms with van der Waals surface area (Å²) in [6.45, 7) is 4.30. The number of hydrogen-bond acceptors (Lipinski definition) is 11. The van der Waals surface area contributed by atoms with Crippen molar-refractivity contribution in [2.75, 3.05) is 31.3 Å². The van der Waals surface area contributed by atoms with E-state index in [4.69, 9.17) is 9.97 Å². The molecular formula is C26H36N8O5S2. The molecule has 0 bridgehead atoms. The predicted molar refractivity (Wildman–Crippen MR) is 154 cm³/mol. The van der Waals surface area contributed by atoms with Crippen LogP contribution in [0.5, 0.6) is 0 Å². The van der Waals surface area contributed by atoms with Gasteiger partial charge in [0.05, 0.1) is 23.0 Å². The maximum Gasteiger partial charge on any atom is 0.240 e. The lowest BCUT2D eigenvalue weighted by Gasteiger charge is -2.20. The molecule has 1 aromatic carbocycles. The fourth-order valence-corrected chi connectivity index (χ4v) is 6.90. The Morgan fingerprint density at radius 1 is 1.15 bits per heavy atom. The van der Waals surface area contributed by atoms with Crippen LogP contribution >= 0.6 is 11.8 Å². The number of likely N-dealkylation sites (N-methyl/N-ethyl adjacent to an activating group) is 1. The second kappa shape index (κ2) is 11.8. The number of nitrogens with zero attached hydrogens (tertiary/aromatic N) is 6. The Morgan fingerprint density at radius 3 is 2.54 bits per heavy atom. The van der Waals surface area contributed by atoms with Crippen molar-refractivity contribution in [1.29, 1.82) is 0 Å². The Labute approximate surface area is 243 Å². The molecular weight excluding hydrogens is 568 g/mol. The molecule has 6 atom stereocenters. The van der Waals surface area contributed by atoms with Gasteiger partial charge >= 0.3 is 0 Å². The SMILES string of the molecule is CCCSc1nc(N(C)C2CC2c2ccc(S(=O)(=O)NC)cc2)c2nnn(C3CC(C(=O)NCC)C(O)C3O)c2n1. The van der Waals surface area contributed by atoms with Gasteiger partial charge in [0.25, 0.3) is 0 Å². The minimum atomic E-state index is -3.51. The minimum absolute atomic E-state index is 0.107. The second-order valence-corrected chi connectivity index (χ2v) is 13.4. The third-order valence-corrected chi connectivity index (χ3v) is 10.3. The number of benzene rings is 1. The number of aliphatic hydroxyl groups is 2. The van der Waals surface area contributed by atoms with Crippen LogP contribution in [0.3, 0.4) is 0 Å². The molecule has 2 heterocycles. The largest absolute Gasteiger partial charge is 0.390 e. The smallest absolute Gasteiger partial charge is 0.240 e. The monoisotopic (exact) mass is 604 g/mol. The van der Waals surface area contributed by atoms with Crippen molar-refractivity contribution >= 4 is 44.7 Å². The van der Waals surface area contributed by atoms with Crippen molar-refractivity contribution in [2.24, 2.45) is 5.92 Å². The highest BCUT2D eigenvalue weighted by Crippen LogP contribution is 2.46. The lowest BCUT2D eigenvalue weighted by Crippen LogP contribution is -2.38. The van der Waals surface area contributed by atoms with Crippen LogP contribution in [0.1, 0.15) is 50.6 Å². The van der Waals surface area contributed by atoms with Crippen LogP contribution in [0.2, 0.25) is 0 Å². The maximum absolute atomic E-state index is 12.5. The van der Waals surface area contributed by atoms with E-state index in [0.29, 0.717) is 28.7 Å². The quantitative estimate of drug-likeness (QED) is 0.182. The van der Waals surface area contributed by atoms with Gasteiger partial charge in [-0.2, -0.15) is 0 Å². The zero-order valence-electron chi connectivity index (χ0n) is 23.4. The summed E-state index contributed by atoms with van der Waals surface area (Å²) in [6.07, 6.45) is -0.458. The van der Waals surface area contributed by atoms with Gasteiger partial charge in [-0.25, -0.2) is 27.8 Å². The second-order valence-electron chi connectivity index (χ2n) is 10.5. The van der Waals surface area contributed by atoms with Gasteiger partial charge in [0.1, 0.15) is 6.10 Å². The maximum atomic E-state index is 12.5. The van der Waals surface area contributed by atoms with E-state index in [1.54, 1.807) is 19.1 Å². The minimum Gasteiger partial charge on any atom is -0.390 e. The number of amides is 1. The number of carbonyl (C=O) groups is 1. The van der Waals surface area contributed by atoms with Gasteiger partial charge in [-0.05, 0) is 50.9 Å². The Morgan fingerprint density at radius 2 is 1.88 bits per heavy atom. The molecule has 13 nitrogen and oxygen atoms in total. The fourth-order valence-electron chi connectivity index (χ4n) is 5.48. The summed E-state index contributed by atoms with van der Waals surface area (Å²) >= 11 is 1.51. The standard InChI is InChI=1S/C26H36N8O5S2/c1-5-11-40-26-29-23(33(4)18-12-16(18)14-7-9-15(10-8-14)41(38,39)27-3)20-24(30-26)34(32-31-20)19-13-17(21(35)22(19)36)25(37)28-6-2/h7-10,16-19,21-22,27,35-36H,5-6,11-13H2,1-4H3,(H,28,37). The summed E-state index contributed by atoms with van der Waals surface area (Å²) in [4.78, 5) is 24.3. The molecule has 0 saturated heterocycles. The van der Waals surface area contributed by atoms with Crippen LogP contribution in [0.25, 0.3) is 11.2 Å². The number of aromatic nitrogens is 5. The summed E-state index contributed by atoms with van der Waals surface area (Å²) in [6, 6.07) is 6.33. The Bertz CT molecular complexity index is 1520. The van der Waals surface area contributed by atoms with E-state index in [-0.39, 0.29) is 29.2 Å². The summed E-state index contributed by atoms with van der Waals surface area (Å²) < 4.78 is 28.1. The fraction of sp³-hybridized carbons (Fsp3) is 0.577. The lowest BCUT2D eigenvalue weighted by atomic mass is 10.0. The number of carbonyl (C=O) groups excluding carboxylic acids is 1. The molecule has 15 heteroatoms. The molecule has 2 fully saturated rings. The van der Waals surface area contributed by atoms with Crippen molar-refractivity contribution in [3.05, 3.63) is 29.8 Å². The van der Waals surface area contributed by atoms with Crippen LogP contribution in [0, 0.1) is 5.92 Å². The Hall–Kier alpha value is -2.85. The lowest BCUT2D eigenvalue weighted by molar-refractivity contribution is -0.128. The molecule has 5 rings (SSSR count). The number of sulfonamides is 1. The number of fused-ring (bicyclic) bond motifs is 1. The van der Waals surface area contributed by atoms with Crippen molar-refractivity contribution in [2.45, 2.75) is 73.4 Å². The molecule has 0 spiro atoms.